The number of carbonyl (C=O) groups is 4. The molecule has 31 heavy (non-hydrogen) atoms. The molecule has 4 rings (SSSR count). The second-order valence-corrected chi connectivity index (χ2v) is 8.80. The van der Waals surface area contributed by atoms with Gasteiger partial charge >= 0.3 is 6.03 Å². The molecule has 1 aromatic carbocycles. The third kappa shape index (κ3) is 4.73. The van der Waals surface area contributed by atoms with E-state index in [0.29, 0.717) is 38.8 Å². The van der Waals surface area contributed by atoms with Gasteiger partial charge in [-0.25, -0.2) is 4.79 Å². The van der Waals surface area contributed by atoms with Gasteiger partial charge in [0.15, 0.2) is 0 Å². The maximum atomic E-state index is 12.6. The summed E-state index contributed by atoms with van der Waals surface area (Å²) in [7, 11) is 0. The van der Waals surface area contributed by atoms with Crippen LogP contribution in [0.4, 0.5) is 4.79 Å². The van der Waals surface area contributed by atoms with Crippen LogP contribution in [0.1, 0.15) is 62.5 Å². The minimum Gasteiger partial charge on any atom is -0.352 e. The summed E-state index contributed by atoms with van der Waals surface area (Å²) in [6.45, 7) is 2.08. The molecule has 1 saturated carbocycles. The Morgan fingerprint density at radius 3 is 2.61 bits per heavy atom. The number of amides is 5. The Bertz CT molecular complexity index is 878. The molecule has 8 nitrogen and oxygen atoms in total. The van der Waals surface area contributed by atoms with Crippen molar-refractivity contribution < 1.29 is 19.2 Å². The van der Waals surface area contributed by atoms with Crippen molar-refractivity contribution in [2.24, 2.45) is 0 Å². The number of likely N-dealkylation sites (tertiary alicyclic amines) is 1. The SMILES string of the molecule is O=C(CCCN1C(=O)NC2(CCCC2)C1=O)NCc1cccc(CN2CCCC2=O)c1. The van der Waals surface area contributed by atoms with Crippen molar-refractivity contribution in [3.63, 3.8) is 0 Å². The van der Waals surface area contributed by atoms with E-state index in [1.807, 2.05) is 29.2 Å². The fourth-order valence-corrected chi connectivity index (χ4v) is 4.81. The summed E-state index contributed by atoms with van der Waals surface area (Å²) < 4.78 is 0. The number of hydrogen-bond donors (Lipinski definition) is 2. The molecule has 3 aliphatic rings. The van der Waals surface area contributed by atoms with Crippen molar-refractivity contribution in [2.75, 3.05) is 13.1 Å². The molecule has 1 aromatic rings. The molecule has 0 radical (unpaired) electrons. The average Bonchev–Trinajstić information content (AvgIpc) is 3.44. The fraction of sp³-hybridized carbons (Fsp3) is 0.565. The van der Waals surface area contributed by atoms with E-state index < -0.39 is 5.54 Å². The summed E-state index contributed by atoms with van der Waals surface area (Å²) in [5, 5.41) is 5.76. The molecule has 8 heteroatoms. The monoisotopic (exact) mass is 426 g/mol. The van der Waals surface area contributed by atoms with Crippen molar-refractivity contribution in [3.05, 3.63) is 35.4 Å². The Morgan fingerprint density at radius 1 is 1.10 bits per heavy atom. The van der Waals surface area contributed by atoms with Gasteiger partial charge in [0, 0.05) is 39.0 Å². The van der Waals surface area contributed by atoms with Crippen LogP contribution in [-0.4, -0.2) is 52.2 Å². The lowest BCUT2D eigenvalue weighted by atomic mass is 9.98. The molecule has 5 amide bonds. The quantitative estimate of drug-likeness (QED) is 0.622. The Kier molecular flexibility index (Phi) is 6.25. The molecule has 0 atom stereocenters. The van der Waals surface area contributed by atoms with Gasteiger partial charge in [-0.2, -0.15) is 0 Å². The van der Waals surface area contributed by atoms with Gasteiger partial charge in [-0.3, -0.25) is 19.3 Å². The van der Waals surface area contributed by atoms with Crippen molar-refractivity contribution >= 4 is 23.8 Å². The Hall–Kier alpha value is -2.90. The highest BCUT2D eigenvalue weighted by Gasteiger charge is 2.52. The first-order valence-corrected chi connectivity index (χ1v) is 11.2. The van der Waals surface area contributed by atoms with E-state index >= 15 is 0 Å². The normalized spacial score (nSPS) is 20.1. The lowest BCUT2D eigenvalue weighted by Gasteiger charge is -2.19. The van der Waals surface area contributed by atoms with Crippen molar-refractivity contribution in [2.45, 2.75) is 70.0 Å². The highest BCUT2D eigenvalue weighted by atomic mass is 16.2. The molecule has 166 valence electrons. The van der Waals surface area contributed by atoms with Crippen LogP contribution in [-0.2, 0) is 27.5 Å². The zero-order valence-corrected chi connectivity index (χ0v) is 17.8. The van der Waals surface area contributed by atoms with Crippen LogP contribution in [0.15, 0.2) is 24.3 Å². The van der Waals surface area contributed by atoms with Crippen molar-refractivity contribution in [3.8, 4) is 0 Å². The van der Waals surface area contributed by atoms with Gasteiger partial charge in [-0.15, -0.1) is 0 Å². The molecule has 1 aliphatic carbocycles. The molecule has 2 heterocycles. The van der Waals surface area contributed by atoms with Gasteiger partial charge in [0.05, 0.1) is 0 Å². The van der Waals surface area contributed by atoms with Gasteiger partial charge in [-0.05, 0) is 36.8 Å². The maximum Gasteiger partial charge on any atom is 0.325 e. The molecule has 2 saturated heterocycles. The van der Waals surface area contributed by atoms with Crippen LogP contribution < -0.4 is 10.6 Å². The minimum absolute atomic E-state index is 0.109. The second kappa shape index (κ2) is 9.08. The van der Waals surface area contributed by atoms with E-state index in [9.17, 15) is 19.2 Å². The number of nitrogens with one attached hydrogen (secondary N) is 2. The maximum absolute atomic E-state index is 12.6. The molecule has 0 aromatic heterocycles. The van der Waals surface area contributed by atoms with E-state index in [4.69, 9.17) is 0 Å². The number of nitrogens with zero attached hydrogens (tertiary/aromatic N) is 2. The molecule has 0 bridgehead atoms. The van der Waals surface area contributed by atoms with Crippen molar-refractivity contribution in [1.82, 2.24) is 20.4 Å². The van der Waals surface area contributed by atoms with Crippen LogP contribution >= 0.6 is 0 Å². The lowest BCUT2D eigenvalue weighted by molar-refractivity contribution is -0.131. The van der Waals surface area contributed by atoms with Crippen LogP contribution in [0.2, 0.25) is 0 Å². The van der Waals surface area contributed by atoms with Gasteiger partial charge in [-0.1, -0.05) is 37.1 Å². The fourth-order valence-electron chi connectivity index (χ4n) is 4.81. The molecule has 2 aliphatic heterocycles. The number of carbonyl (C=O) groups excluding carboxylic acids is 4. The number of urea groups is 1. The summed E-state index contributed by atoms with van der Waals surface area (Å²) in [5.74, 6) is -0.0470. The van der Waals surface area contributed by atoms with Crippen LogP contribution in [0.5, 0.6) is 0 Å². The second-order valence-electron chi connectivity index (χ2n) is 8.80. The first-order valence-electron chi connectivity index (χ1n) is 11.2. The van der Waals surface area contributed by atoms with E-state index in [2.05, 4.69) is 10.6 Å². The molecule has 1 spiro atoms. The molecule has 3 fully saturated rings. The third-order valence-corrected chi connectivity index (χ3v) is 6.51. The first-order chi connectivity index (χ1) is 15.0. The van der Waals surface area contributed by atoms with Crippen LogP contribution in [0.3, 0.4) is 0 Å². The lowest BCUT2D eigenvalue weighted by Crippen LogP contribution is -2.44. The topological polar surface area (TPSA) is 98.8 Å². The summed E-state index contributed by atoms with van der Waals surface area (Å²) in [6.07, 6.45) is 5.57. The number of hydrogen-bond acceptors (Lipinski definition) is 4. The zero-order valence-electron chi connectivity index (χ0n) is 17.8. The first kappa shape index (κ1) is 21.3. The molecule has 0 unspecified atom stereocenters. The summed E-state index contributed by atoms with van der Waals surface area (Å²) in [4.78, 5) is 52.0. The van der Waals surface area contributed by atoms with Gasteiger partial charge in [0.2, 0.25) is 11.8 Å². The minimum atomic E-state index is -0.690. The third-order valence-electron chi connectivity index (χ3n) is 6.51. The predicted molar refractivity (Wildman–Crippen MR) is 114 cm³/mol. The number of rotatable bonds is 8. The smallest absolute Gasteiger partial charge is 0.325 e. The Labute approximate surface area is 182 Å². The summed E-state index contributed by atoms with van der Waals surface area (Å²) in [5.41, 5.74) is 1.35. The van der Waals surface area contributed by atoms with E-state index in [-0.39, 0.29) is 36.7 Å². The number of imide groups is 1. The van der Waals surface area contributed by atoms with E-state index in [0.717, 1.165) is 36.9 Å². The largest absolute Gasteiger partial charge is 0.352 e. The Balaban J connectivity index is 1.20. The zero-order chi connectivity index (χ0) is 21.8. The van der Waals surface area contributed by atoms with Gasteiger partial charge in [0.1, 0.15) is 5.54 Å². The van der Waals surface area contributed by atoms with E-state index in [1.54, 1.807) is 0 Å². The summed E-state index contributed by atoms with van der Waals surface area (Å²) >= 11 is 0. The van der Waals surface area contributed by atoms with Crippen LogP contribution in [0, 0.1) is 0 Å². The van der Waals surface area contributed by atoms with E-state index in [1.165, 1.54) is 4.90 Å². The molecular weight excluding hydrogens is 396 g/mol. The van der Waals surface area contributed by atoms with Gasteiger partial charge in [0.25, 0.3) is 5.91 Å². The van der Waals surface area contributed by atoms with Crippen LogP contribution in [0.25, 0.3) is 0 Å². The summed E-state index contributed by atoms with van der Waals surface area (Å²) in [6, 6.07) is 7.56. The Morgan fingerprint density at radius 2 is 1.87 bits per heavy atom. The molecule has 2 N–H and O–H groups in total. The highest BCUT2D eigenvalue weighted by molar-refractivity contribution is 6.07. The van der Waals surface area contributed by atoms with Crippen molar-refractivity contribution in [1.29, 1.82) is 0 Å². The van der Waals surface area contributed by atoms with Gasteiger partial charge < -0.3 is 15.5 Å². The number of benzene rings is 1. The molecular formula is C23H30N4O4. The standard InChI is InChI=1S/C23H30N4O4/c28-19(8-4-13-27-21(30)23(25-22(27)31)10-1-2-11-23)24-15-17-6-3-7-18(14-17)16-26-12-5-9-20(26)29/h3,6-7,14H,1-2,4-5,8-13,15-16H2,(H,24,28)(H,25,31). The predicted octanol–water partition coefficient (Wildman–Crippen LogP) is 2.07. The average molecular weight is 427 g/mol. The highest BCUT2D eigenvalue weighted by Crippen LogP contribution is 2.35.